The van der Waals surface area contributed by atoms with Crippen molar-refractivity contribution in [2.45, 2.75) is 13.0 Å². The Balaban J connectivity index is 1.85. The van der Waals surface area contributed by atoms with Gasteiger partial charge in [-0.15, -0.1) is 0 Å². The zero-order chi connectivity index (χ0) is 18.7. The van der Waals surface area contributed by atoms with Crippen molar-refractivity contribution in [3.05, 3.63) is 64.1 Å². The van der Waals surface area contributed by atoms with Gasteiger partial charge in [0.05, 0.1) is 11.5 Å². The van der Waals surface area contributed by atoms with E-state index in [2.05, 4.69) is 21.2 Å². The number of hydrogen-bond donors (Lipinski definition) is 1. The molecule has 1 saturated heterocycles. The molecule has 2 aromatic rings. The van der Waals surface area contributed by atoms with Crippen LogP contribution >= 0.6 is 15.9 Å². The lowest BCUT2D eigenvalue weighted by atomic mass is 10.0. The van der Waals surface area contributed by atoms with Gasteiger partial charge in [0.1, 0.15) is 6.04 Å². The van der Waals surface area contributed by atoms with Crippen LogP contribution in [0.15, 0.2) is 53.0 Å². The van der Waals surface area contributed by atoms with Crippen molar-refractivity contribution in [2.24, 2.45) is 0 Å². The SMILES string of the molecule is Cc1cc(NC(=O)C(c2ccccc2)N2CCS(=O)(=O)CC2)ccc1Br. The molecule has 3 rings (SSSR count). The number of aryl methyl sites for hydroxylation is 1. The fourth-order valence-electron chi connectivity index (χ4n) is 3.08. The summed E-state index contributed by atoms with van der Waals surface area (Å²) in [5.41, 5.74) is 2.61. The Morgan fingerprint density at radius 1 is 1.12 bits per heavy atom. The minimum Gasteiger partial charge on any atom is -0.324 e. The van der Waals surface area contributed by atoms with E-state index in [9.17, 15) is 13.2 Å². The molecule has 1 aliphatic heterocycles. The first-order valence-electron chi connectivity index (χ1n) is 8.42. The van der Waals surface area contributed by atoms with Crippen molar-refractivity contribution in [3.8, 4) is 0 Å². The van der Waals surface area contributed by atoms with Crippen LogP contribution < -0.4 is 5.32 Å². The van der Waals surface area contributed by atoms with Gasteiger partial charge in [0.2, 0.25) is 5.91 Å². The lowest BCUT2D eigenvalue weighted by molar-refractivity contribution is -0.121. The molecule has 0 saturated carbocycles. The number of sulfone groups is 1. The van der Waals surface area contributed by atoms with E-state index in [1.165, 1.54) is 0 Å². The molecular formula is C19H21BrN2O3S. The van der Waals surface area contributed by atoms with Gasteiger partial charge in [0.15, 0.2) is 9.84 Å². The molecule has 1 unspecified atom stereocenters. The fourth-order valence-corrected chi connectivity index (χ4v) is 4.56. The zero-order valence-electron chi connectivity index (χ0n) is 14.5. The summed E-state index contributed by atoms with van der Waals surface area (Å²) < 4.78 is 24.5. The van der Waals surface area contributed by atoms with Crippen molar-refractivity contribution >= 4 is 37.4 Å². The summed E-state index contributed by atoms with van der Waals surface area (Å²) in [7, 11) is -3.00. The van der Waals surface area contributed by atoms with Crippen LogP contribution in [0.4, 0.5) is 5.69 Å². The van der Waals surface area contributed by atoms with Crippen molar-refractivity contribution < 1.29 is 13.2 Å². The van der Waals surface area contributed by atoms with Crippen LogP contribution in [0.5, 0.6) is 0 Å². The monoisotopic (exact) mass is 436 g/mol. The molecule has 1 aliphatic rings. The molecule has 1 N–H and O–H groups in total. The predicted octanol–water partition coefficient (Wildman–Crippen LogP) is 3.17. The fraction of sp³-hybridized carbons (Fsp3) is 0.316. The Labute approximate surface area is 162 Å². The van der Waals surface area contributed by atoms with Crippen molar-refractivity contribution in [1.29, 1.82) is 0 Å². The second-order valence-electron chi connectivity index (χ2n) is 6.45. The van der Waals surface area contributed by atoms with Gasteiger partial charge in [-0.2, -0.15) is 0 Å². The van der Waals surface area contributed by atoms with Gasteiger partial charge in [-0.3, -0.25) is 9.69 Å². The maximum Gasteiger partial charge on any atom is 0.246 e. The number of halogens is 1. The molecule has 0 aromatic heterocycles. The molecule has 138 valence electrons. The molecule has 5 nitrogen and oxygen atoms in total. The number of rotatable bonds is 4. The standard InChI is InChI=1S/C19H21BrN2O3S/c1-14-13-16(7-8-17(14)20)21-19(23)18(15-5-3-2-4-6-15)22-9-11-26(24,25)12-10-22/h2-8,13,18H,9-12H2,1H3,(H,21,23). The number of carbonyl (C=O) groups is 1. The molecule has 0 bridgehead atoms. The molecular weight excluding hydrogens is 416 g/mol. The number of nitrogens with zero attached hydrogens (tertiary/aromatic N) is 1. The first-order chi connectivity index (χ1) is 12.4. The molecule has 2 aromatic carbocycles. The van der Waals surface area contributed by atoms with E-state index in [0.717, 1.165) is 21.3 Å². The Morgan fingerprint density at radius 3 is 2.38 bits per heavy atom. The number of anilines is 1. The van der Waals surface area contributed by atoms with E-state index in [4.69, 9.17) is 0 Å². The maximum absolute atomic E-state index is 13.1. The molecule has 7 heteroatoms. The van der Waals surface area contributed by atoms with Crippen LogP contribution in [-0.2, 0) is 14.6 Å². The third-order valence-electron chi connectivity index (χ3n) is 4.53. The third kappa shape index (κ3) is 4.52. The van der Waals surface area contributed by atoms with Gasteiger partial charge in [0.25, 0.3) is 0 Å². The predicted molar refractivity (Wildman–Crippen MR) is 107 cm³/mol. The average molecular weight is 437 g/mol. The highest BCUT2D eigenvalue weighted by Gasteiger charge is 2.32. The topological polar surface area (TPSA) is 66.5 Å². The molecule has 0 spiro atoms. The average Bonchev–Trinajstić information content (AvgIpc) is 2.61. The molecule has 0 aliphatic carbocycles. The third-order valence-corrected chi connectivity index (χ3v) is 7.03. The summed E-state index contributed by atoms with van der Waals surface area (Å²) in [6.07, 6.45) is 0. The van der Waals surface area contributed by atoms with Crippen LogP contribution in [-0.4, -0.2) is 43.8 Å². The number of hydrogen-bond acceptors (Lipinski definition) is 4. The van der Waals surface area contributed by atoms with E-state index < -0.39 is 15.9 Å². The zero-order valence-corrected chi connectivity index (χ0v) is 16.9. The van der Waals surface area contributed by atoms with E-state index >= 15 is 0 Å². The Bertz CT molecular complexity index is 886. The number of nitrogens with one attached hydrogen (secondary N) is 1. The highest BCUT2D eigenvalue weighted by Crippen LogP contribution is 2.26. The minimum absolute atomic E-state index is 0.0843. The first kappa shape index (κ1) is 19.1. The van der Waals surface area contributed by atoms with Crippen LogP contribution in [0.3, 0.4) is 0 Å². The summed E-state index contributed by atoms with van der Waals surface area (Å²) >= 11 is 3.46. The van der Waals surface area contributed by atoms with E-state index in [1.807, 2.05) is 60.4 Å². The number of carbonyl (C=O) groups excluding carboxylic acids is 1. The number of amides is 1. The minimum atomic E-state index is -3.00. The summed E-state index contributed by atoms with van der Waals surface area (Å²) in [6, 6.07) is 14.6. The van der Waals surface area contributed by atoms with Gasteiger partial charge in [-0.25, -0.2) is 8.42 Å². The van der Waals surface area contributed by atoms with Crippen LogP contribution in [0.1, 0.15) is 17.2 Å². The second-order valence-corrected chi connectivity index (χ2v) is 9.61. The summed E-state index contributed by atoms with van der Waals surface area (Å²) in [5, 5.41) is 2.98. The molecule has 1 amide bonds. The maximum atomic E-state index is 13.1. The normalized spacial score (nSPS) is 18.2. The summed E-state index contributed by atoms with van der Waals surface area (Å²) in [4.78, 5) is 15.0. The van der Waals surface area contributed by atoms with E-state index in [1.54, 1.807) is 0 Å². The number of benzene rings is 2. The highest BCUT2D eigenvalue weighted by atomic mass is 79.9. The summed E-state index contributed by atoms with van der Waals surface area (Å²) in [5.74, 6) is 0.0133. The van der Waals surface area contributed by atoms with Gasteiger partial charge in [0, 0.05) is 23.2 Å². The molecule has 1 fully saturated rings. The molecule has 1 atom stereocenters. The quantitative estimate of drug-likeness (QED) is 0.798. The lowest BCUT2D eigenvalue weighted by Crippen LogP contribution is -2.46. The Kier molecular flexibility index (Phi) is 5.79. The van der Waals surface area contributed by atoms with Gasteiger partial charge in [-0.1, -0.05) is 46.3 Å². The van der Waals surface area contributed by atoms with Crippen LogP contribution in [0.2, 0.25) is 0 Å². The molecule has 1 heterocycles. The van der Waals surface area contributed by atoms with Crippen molar-refractivity contribution in [2.75, 3.05) is 29.9 Å². The van der Waals surface area contributed by atoms with E-state index in [-0.39, 0.29) is 17.4 Å². The first-order valence-corrected chi connectivity index (χ1v) is 11.0. The second kappa shape index (κ2) is 7.90. The molecule has 26 heavy (non-hydrogen) atoms. The van der Waals surface area contributed by atoms with Crippen molar-refractivity contribution in [1.82, 2.24) is 4.90 Å². The molecule has 0 radical (unpaired) electrons. The van der Waals surface area contributed by atoms with Gasteiger partial charge >= 0.3 is 0 Å². The lowest BCUT2D eigenvalue weighted by Gasteiger charge is -2.33. The largest absolute Gasteiger partial charge is 0.324 e. The van der Waals surface area contributed by atoms with Gasteiger partial charge in [-0.05, 0) is 36.2 Å². The van der Waals surface area contributed by atoms with Crippen molar-refractivity contribution in [3.63, 3.8) is 0 Å². The van der Waals surface area contributed by atoms with E-state index in [0.29, 0.717) is 13.1 Å². The Morgan fingerprint density at radius 2 is 1.77 bits per heavy atom. The Hall–Kier alpha value is -1.70. The smallest absolute Gasteiger partial charge is 0.246 e. The van der Waals surface area contributed by atoms with Crippen LogP contribution in [0, 0.1) is 6.92 Å². The van der Waals surface area contributed by atoms with Gasteiger partial charge < -0.3 is 5.32 Å². The van der Waals surface area contributed by atoms with Crippen LogP contribution in [0.25, 0.3) is 0 Å². The highest BCUT2D eigenvalue weighted by molar-refractivity contribution is 9.10. The summed E-state index contributed by atoms with van der Waals surface area (Å²) in [6.45, 7) is 2.67.